The van der Waals surface area contributed by atoms with Crippen molar-refractivity contribution in [2.75, 3.05) is 19.6 Å². The number of thiophene rings is 1. The summed E-state index contributed by atoms with van der Waals surface area (Å²) >= 11 is 1.24. The molecular weight excluding hydrogens is 1360 g/mol. The molecule has 2 fully saturated rings. The first-order chi connectivity index (χ1) is 57.1. The van der Waals surface area contributed by atoms with Gasteiger partial charge in [0.05, 0.1) is 30.7 Å². The first kappa shape index (κ1) is 57.4. The molecule has 0 bridgehead atoms. The predicted molar refractivity (Wildman–Crippen MR) is 466 cm³/mol. The van der Waals surface area contributed by atoms with E-state index in [1.54, 1.807) is 0 Å². The van der Waals surface area contributed by atoms with Crippen molar-refractivity contribution in [2.24, 2.45) is 0 Å². The van der Waals surface area contributed by atoms with Gasteiger partial charge in [-0.25, -0.2) is 0 Å². The van der Waals surface area contributed by atoms with Crippen LogP contribution in [0, 0.1) is 13.7 Å². The van der Waals surface area contributed by atoms with Crippen LogP contribution in [0.2, 0.25) is 0 Å². The van der Waals surface area contributed by atoms with Crippen LogP contribution in [0.25, 0.3) is 21.1 Å². The van der Waals surface area contributed by atoms with Gasteiger partial charge in [-0.2, -0.15) is 0 Å². The lowest BCUT2D eigenvalue weighted by Crippen LogP contribution is -2.64. The molecule has 6 aliphatic heterocycles. The van der Waals surface area contributed by atoms with E-state index in [0.29, 0.717) is 112 Å². The molecule has 9 aromatic carbocycles. The van der Waals surface area contributed by atoms with Gasteiger partial charge in [0.1, 0.15) is 11.3 Å². The van der Waals surface area contributed by atoms with Gasteiger partial charge in [-0.3, -0.25) is 0 Å². The second-order valence-corrected chi connectivity index (χ2v) is 41.0. The van der Waals surface area contributed by atoms with E-state index >= 15 is 0 Å². The molecule has 7 nitrogen and oxygen atoms in total. The lowest BCUT2D eigenvalue weighted by molar-refractivity contribution is 0.195. The number of para-hydroxylation sites is 2. The minimum atomic E-state index is -2.79. The molecule has 0 radical (unpaired) electrons. The van der Waals surface area contributed by atoms with Crippen molar-refractivity contribution in [3.63, 3.8) is 0 Å². The maximum atomic E-state index is 10.9. The Bertz CT molecular complexity index is 6150. The fourth-order valence-corrected chi connectivity index (χ4v) is 24.3. The number of anilines is 10. The van der Waals surface area contributed by atoms with Crippen molar-refractivity contribution in [1.29, 1.82) is 0 Å². The van der Waals surface area contributed by atoms with Crippen LogP contribution in [-0.4, -0.2) is 24.5 Å². The van der Waals surface area contributed by atoms with Crippen molar-refractivity contribution in [1.82, 2.24) is 0 Å². The van der Waals surface area contributed by atoms with E-state index in [1.807, 2.05) is 53.7 Å². The van der Waals surface area contributed by atoms with Gasteiger partial charge in [0.2, 0.25) is 0 Å². The molecule has 2 aromatic heterocycles. The number of furan rings is 1. The predicted octanol–water partition coefficient (Wildman–Crippen LogP) is 23.9. The quantitative estimate of drug-likeness (QED) is 0.163. The SMILES string of the molecule is [2H]c1c(C(C)(C)C)c([2H])c2c3c(oc2c1[2H])Oc1c2c(c4c5c1N(c1ccc6c(c1C([2H])([2H])[2H])C(C)(C)CCC6(C)C)c1cc(N6c7ccccc7C7(C)CCCCC67C)ccc1B5c1c(sc5c([2H])c([2H])c(C(C)(C)C)c([2H])c15)O4)N(c1ccc4c(c1C([2H])([2H])[2H])C(C)(C)CCC4(C)C)c1cc(N4c5ccccc5C5(C)CCCCC45C)ccc1B23. The number of hydrogen-bond donors (Lipinski definition) is 0. The summed E-state index contributed by atoms with van der Waals surface area (Å²) in [5.74, 6) is 0.526. The molecule has 558 valence electrons. The normalized spacial score (nSPS) is 26.0. The zero-order valence-corrected chi connectivity index (χ0v) is 68.3. The standard InChI is InChI=1S/C100H108B2N4O3S/c1-57-71(41-37-67-79(57)95(13,14)51-49-93(67,9)10)103-76-56-62(106-74-32-24-22-30-66(74)98(18)46-26-28-48-100(98,106)20)36-40-70(76)102-82-64-54-60(92(6,7)8)34-44-78(64)110-90(82)109-88-84(102)85(103)87-83-86(88)104(72-42-38-68-80(58(72)2)96(15,16)52-50-94(68,11)12)75-55-61(105-73-31-23-21-29-65(73)97(17)45-25-27-47-99(97,105)19)35-39-69(75)101(83)81-63-53-59(91(3,4)5)33-43-77(63)107-89(81)108-87/h21-24,29-44,53-56H,25-28,45-52H2,1-20H3/i1D3,2D3,33D,34D,43D,44D,53D,54D. The summed E-state index contributed by atoms with van der Waals surface area (Å²) in [4.78, 5) is 9.41. The lowest BCUT2D eigenvalue weighted by atomic mass is 9.31. The van der Waals surface area contributed by atoms with Crippen molar-refractivity contribution in [2.45, 2.75) is 270 Å². The van der Waals surface area contributed by atoms with E-state index in [-0.39, 0.29) is 75.5 Å². The van der Waals surface area contributed by atoms with Crippen LogP contribution in [0.3, 0.4) is 0 Å². The molecule has 0 saturated heterocycles. The Balaban J connectivity index is 0.994. The summed E-state index contributed by atoms with van der Waals surface area (Å²) in [6.45, 7) is 31.6. The van der Waals surface area contributed by atoms with Crippen LogP contribution >= 0.6 is 11.3 Å². The maximum absolute atomic E-state index is 10.9. The Hall–Kier alpha value is -8.59. The molecule has 0 amide bonds. The molecule has 2 saturated carbocycles. The van der Waals surface area contributed by atoms with E-state index in [9.17, 15) is 16.4 Å². The number of ether oxygens (including phenoxy) is 2. The summed E-state index contributed by atoms with van der Waals surface area (Å²) in [6, 6.07) is 39.0. The van der Waals surface area contributed by atoms with Gasteiger partial charge in [-0.15, -0.1) is 0 Å². The summed E-state index contributed by atoms with van der Waals surface area (Å²) in [5, 5.41) is 1.14. The van der Waals surface area contributed by atoms with Gasteiger partial charge >= 0.3 is 0 Å². The third-order valence-corrected chi connectivity index (χ3v) is 30.9. The van der Waals surface area contributed by atoms with Crippen LogP contribution in [0.5, 0.6) is 22.5 Å². The third-order valence-electron chi connectivity index (χ3n) is 29.9. The molecule has 110 heavy (non-hydrogen) atoms. The van der Waals surface area contributed by atoms with Crippen molar-refractivity contribution >= 4 is 135 Å². The van der Waals surface area contributed by atoms with E-state index < -0.39 is 70.7 Å². The number of fused-ring (bicyclic) bond motifs is 22. The second kappa shape index (κ2) is 22.2. The van der Waals surface area contributed by atoms with Crippen LogP contribution in [0.15, 0.2) is 150 Å². The van der Waals surface area contributed by atoms with Crippen molar-refractivity contribution < 1.29 is 30.3 Å². The Kier molecular flexibility index (Phi) is 11.6. The van der Waals surface area contributed by atoms with Gasteiger partial charge in [0, 0.05) is 91.0 Å². The number of nitrogens with zero attached hydrogens (tertiary/aromatic N) is 4. The Labute approximate surface area is 675 Å². The van der Waals surface area contributed by atoms with Gasteiger partial charge in [0.15, 0.2) is 10.8 Å². The topological polar surface area (TPSA) is 44.6 Å². The van der Waals surface area contributed by atoms with Crippen LogP contribution in [0.4, 0.5) is 56.9 Å². The molecule has 10 aliphatic rings. The highest BCUT2D eigenvalue weighted by molar-refractivity contribution is 7.24. The summed E-state index contributed by atoms with van der Waals surface area (Å²) in [7, 11) is 0. The Morgan fingerprint density at radius 2 is 0.891 bits per heavy atom. The first-order valence-corrected chi connectivity index (χ1v) is 41.6. The van der Waals surface area contributed by atoms with Gasteiger partial charge in [-0.1, -0.05) is 227 Å². The Morgan fingerprint density at radius 1 is 0.436 bits per heavy atom. The minimum Gasteiger partial charge on any atom is -0.445 e. The molecule has 4 atom stereocenters. The lowest BCUT2D eigenvalue weighted by Gasteiger charge is -2.51. The van der Waals surface area contributed by atoms with Crippen molar-refractivity contribution in [3.8, 4) is 22.5 Å². The molecule has 10 heteroatoms. The number of hydrogen-bond acceptors (Lipinski definition) is 8. The molecule has 11 aromatic rings. The molecule has 4 aliphatic carbocycles. The highest BCUT2D eigenvalue weighted by Gasteiger charge is 2.62. The number of benzene rings is 9. The third kappa shape index (κ3) is 8.87. The summed E-state index contributed by atoms with van der Waals surface area (Å²) in [6.07, 6.45) is 10.9. The zero-order chi connectivity index (χ0) is 86.6. The molecular formula is C100H108B2N4O3S. The molecule has 4 unspecified atom stereocenters. The molecule has 8 heterocycles. The average Bonchev–Trinajstić information content (AvgIpc) is 1.11. The maximum Gasteiger partial charge on any atom is 0.286 e. The largest absolute Gasteiger partial charge is 0.445 e. The fraction of sp³-hybridized carbons (Fsp3) is 0.420. The molecule has 0 spiro atoms. The monoisotopic (exact) mass is 1480 g/mol. The average molecular weight is 1480 g/mol. The van der Waals surface area contributed by atoms with E-state index in [0.717, 1.165) is 115 Å². The highest BCUT2D eigenvalue weighted by atomic mass is 32.1. The van der Waals surface area contributed by atoms with E-state index in [4.69, 9.17) is 13.9 Å². The van der Waals surface area contributed by atoms with Crippen LogP contribution in [-0.2, 0) is 43.3 Å². The van der Waals surface area contributed by atoms with E-state index in [2.05, 4.69) is 200 Å². The second-order valence-electron chi connectivity index (χ2n) is 40.1. The Morgan fingerprint density at radius 3 is 1.39 bits per heavy atom. The van der Waals surface area contributed by atoms with Gasteiger partial charge in [-0.05, 0) is 255 Å². The van der Waals surface area contributed by atoms with Gasteiger partial charge in [0.25, 0.3) is 19.4 Å². The van der Waals surface area contributed by atoms with Crippen LogP contribution < -0.4 is 61.9 Å². The minimum absolute atomic E-state index is 0.000648. The van der Waals surface area contributed by atoms with Gasteiger partial charge < -0.3 is 33.5 Å². The molecule has 0 N–H and O–H groups in total. The van der Waals surface area contributed by atoms with Crippen molar-refractivity contribution in [3.05, 3.63) is 201 Å². The highest BCUT2D eigenvalue weighted by Crippen LogP contribution is 2.66. The fourth-order valence-electron chi connectivity index (χ4n) is 23.3. The smallest absolute Gasteiger partial charge is 0.286 e. The summed E-state index contributed by atoms with van der Waals surface area (Å²) in [5.41, 5.74) is 12.0. The van der Waals surface area contributed by atoms with E-state index in [1.165, 1.54) is 22.5 Å². The number of rotatable bonds is 4. The summed E-state index contributed by atoms with van der Waals surface area (Å²) < 4.78 is 149. The molecule has 21 rings (SSSR count). The zero-order valence-electron chi connectivity index (χ0n) is 79.5. The van der Waals surface area contributed by atoms with Crippen LogP contribution in [0.1, 0.15) is 274 Å². The first-order valence-electron chi connectivity index (χ1n) is 46.8.